The van der Waals surface area contributed by atoms with Crippen LogP contribution in [0.25, 0.3) is 0 Å². The SMILES string of the molecule is FC1C=CC=CN1C1CCCC(F)(F)C1. The summed E-state index contributed by atoms with van der Waals surface area (Å²) >= 11 is 0. The molecule has 1 aliphatic carbocycles. The Bertz CT molecular complexity index is 286. The van der Waals surface area contributed by atoms with Gasteiger partial charge in [-0.1, -0.05) is 6.08 Å². The zero-order valence-corrected chi connectivity index (χ0v) is 8.37. The first-order valence-corrected chi connectivity index (χ1v) is 5.23. The van der Waals surface area contributed by atoms with Crippen LogP contribution in [0.2, 0.25) is 0 Å². The summed E-state index contributed by atoms with van der Waals surface area (Å²) in [7, 11) is 0. The van der Waals surface area contributed by atoms with E-state index in [0.29, 0.717) is 12.8 Å². The van der Waals surface area contributed by atoms with Crippen LogP contribution in [-0.4, -0.2) is 23.2 Å². The molecule has 0 aromatic heterocycles. The van der Waals surface area contributed by atoms with E-state index in [-0.39, 0.29) is 18.9 Å². The monoisotopic (exact) mass is 217 g/mol. The van der Waals surface area contributed by atoms with Gasteiger partial charge in [-0.2, -0.15) is 0 Å². The molecule has 4 heteroatoms. The summed E-state index contributed by atoms with van der Waals surface area (Å²) in [5.74, 6) is -2.63. The minimum absolute atomic E-state index is 0.0617. The lowest BCUT2D eigenvalue weighted by Crippen LogP contribution is -2.43. The second-order valence-corrected chi connectivity index (χ2v) is 4.15. The van der Waals surface area contributed by atoms with E-state index in [1.54, 1.807) is 18.4 Å². The van der Waals surface area contributed by atoms with Crippen molar-refractivity contribution >= 4 is 0 Å². The molecule has 0 aromatic rings. The van der Waals surface area contributed by atoms with Crippen LogP contribution in [0.5, 0.6) is 0 Å². The van der Waals surface area contributed by atoms with Crippen molar-refractivity contribution in [3.8, 4) is 0 Å². The van der Waals surface area contributed by atoms with Gasteiger partial charge in [-0.3, -0.25) is 0 Å². The van der Waals surface area contributed by atoms with E-state index in [2.05, 4.69) is 0 Å². The Morgan fingerprint density at radius 3 is 2.73 bits per heavy atom. The summed E-state index contributed by atoms with van der Waals surface area (Å²) in [6.07, 6.45) is 5.80. The van der Waals surface area contributed by atoms with Gasteiger partial charge in [0.1, 0.15) is 0 Å². The van der Waals surface area contributed by atoms with Crippen molar-refractivity contribution in [2.24, 2.45) is 0 Å². The zero-order chi connectivity index (χ0) is 10.9. The number of halogens is 3. The Hall–Kier alpha value is -0.930. The van der Waals surface area contributed by atoms with Gasteiger partial charge in [0.2, 0.25) is 5.92 Å². The molecule has 1 heterocycles. The van der Waals surface area contributed by atoms with Crippen molar-refractivity contribution in [3.05, 3.63) is 24.4 Å². The van der Waals surface area contributed by atoms with E-state index in [1.165, 1.54) is 11.0 Å². The molecule has 0 spiro atoms. The summed E-state index contributed by atoms with van der Waals surface area (Å²) in [4.78, 5) is 1.40. The number of alkyl halides is 3. The van der Waals surface area contributed by atoms with E-state index in [0.717, 1.165) is 0 Å². The molecule has 2 aliphatic rings. The molecule has 1 fully saturated rings. The Morgan fingerprint density at radius 1 is 1.27 bits per heavy atom. The van der Waals surface area contributed by atoms with Gasteiger partial charge in [0.05, 0.1) is 0 Å². The zero-order valence-electron chi connectivity index (χ0n) is 8.37. The van der Waals surface area contributed by atoms with Crippen LogP contribution in [0.3, 0.4) is 0 Å². The van der Waals surface area contributed by atoms with Crippen LogP contribution < -0.4 is 0 Å². The Kier molecular flexibility index (Phi) is 2.76. The molecule has 15 heavy (non-hydrogen) atoms. The van der Waals surface area contributed by atoms with Crippen molar-refractivity contribution in [2.45, 2.75) is 43.9 Å². The fraction of sp³-hybridized carbons (Fsp3) is 0.636. The van der Waals surface area contributed by atoms with Gasteiger partial charge in [-0.05, 0) is 25.0 Å². The van der Waals surface area contributed by atoms with Gasteiger partial charge in [-0.25, -0.2) is 13.2 Å². The maximum Gasteiger partial charge on any atom is 0.250 e. The lowest BCUT2D eigenvalue weighted by Gasteiger charge is -2.38. The van der Waals surface area contributed by atoms with Crippen molar-refractivity contribution in [1.29, 1.82) is 0 Å². The highest BCUT2D eigenvalue weighted by Crippen LogP contribution is 2.36. The molecular formula is C11H14F3N. The molecular weight excluding hydrogens is 203 g/mol. The topological polar surface area (TPSA) is 3.24 Å². The third-order valence-corrected chi connectivity index (χ3v) is 2.96. The van der Waals surface area contributed by atoms with Crippen LogP contribution in [-0.2, 0) is 0 Å². The Labute approximate surface area is 87.3 Å². The van der Waals surface area contributed by atoms with E-state index in [4.69, 9.17) is 0 Å². The van der Waals surface area contributed by atoms with Crippen molar-refractivity contribution in [3.63, 3.8) is 0 Å². The highest BCUT2D eigenvalue weighted by molar-refractivity contribution is 5.12. The first-order chi connectivity index (χ1) is 7.08. The van der Waals surface area contributed by atoms with E-state index < -0.39 is 12.2 Å². The molecule has 0 amide bonds. The summed E-state index contributed by atoms with van der Waals surface area (Å²) in [6, 6.07) is -0.370. The molecule has 0 radical (unpaired) electrons. The molecule has 2 rings (SSSR count). The second-order valence-electron chi connectivity index (χ2n) is 4.15. The van der Waals surface area contributed by atoms with Gasteiger partial charge in [0.25, 0.3) is 0 Å². The molecule has 0 N–H and O–H groups in total. The normalized spacial score (nSPS) is 34.5. The van der Waals surface area contributed by atoms with Crippen molar-refractivity contribution in [2.75, 3.05) is 0 Å². The highest BCUT2D eigenvalue weighted by atomic mass is 19.3. The summed E-state index contributed by atoms with van der Waals surface area (Å²) in [5, 5.41) is 0. The Morgan fingerprint density at radius 2 is 2.07 bits per heavy atom. The second kappa shape index (κ2) is 3.91. The predicted molar refractivity (Wildman–Crippen MR) is 52.2 cm³/mol. The lowest BCUT2D eigenvalue weighted by atomic mass is 9.91. The van der Waals surface area contributed by atoms with Crippen LogP contribution >= 0.6 is 0 Å². The van der Waals surface area contributed by atoms with Crippen LogP contribution in [0.15, 0.2) is 24.4 Å². The van der Waals surface area contributed by atoms with Crippen molar-refractivity contribution < 1.29 is 13.2 Å². The number of rotatable bonds is 1. The van der Waals surface area contributed by atoms with Crippen LogP contribution in [0, 0.1) is 0 Å². The number of hydrogen-bond acceptors (Lipinski definition) is 1. The third kappa shape index (κ3) is 2.36. The molecule has 0 aromatic carbocycles. The molecule has 0 bridgehead atoms. The largest absolute Gasteiger partial charge is 0.342 e. The van der Waals surface area contributed by atoms with E-state index in [9.17, 15) is 13.2 Å². The molecule has 2 unspecified atom stereocenters. The van der Waals surface area contributed by atoms with Gasteiger partial charge < -0.3 is 4.90 Å². The summed E-state index contributed by atoms with van der Waals surface area (Å²) in [6.45, 7) is 0. The quantitative estimate of drug-likeness (QED) is 0.609. The third-order valence-electron chi connectivity index (χ3n) is 2.96. The number of allylic oxidation sites excluding steroid dienone is 2. The van der Waals surface area contributed by atoms with Gasteiger partial charge in [0, 0.05) is 25.1 Å². The van der Waals surface area contributed by atoms with E-state index >= 15 is 0 Å². The molecule has 1 nitrogen and oxygen atoms in total. The molecule has 1 aliphatic heterocycles. The molecule has 0 saturated heterocycles. The minimum Gasteiger partial charge on any atom is -0.342 e. The van der Waals surface area contributed by atoms with Gasteiger partial charge in [0.15, 0.2) is 6.30 Å². The average molecular weight is 217 g/mol. The van der Waals surface area contributed by atoms with Crippen LogP contribution in [0.4, 0.5) is 13.2 Å². The minimum atomic E-state index is -2.63. The fourth-order valence-corrected chi connectivity index (χ4v) is 2.21. The molecule has 84 valence electrons. The van der Waals surface area contributed by atoms with Gasteiger partial charge >= 0.3 is 0 Å². The summed E-state index contributed by atoms with van der Waals surface area (Å²) in [5.41, 5.74) is 0. The predicted octanol–water partition coefficient (Wildman–Crippen LogP) is 3.25. The maximum atomic E-state index is 13.4. The molecule has 1 saturated carbocycles. The number of hydrogen-bond donors (Lipinski definition) is 0. The lowest BCUT2D eigenvalue weighted by molar-refractivity contribution is -0.0665. The maximum absolute atomic E-state index is 13.4. The summed E-state index contributed by atoms with van der Waals surface area (Å²) < 4.78 is 39.7. The Balaban J connectivity index is 2.04. The average Bonchev–Trinajstić information content (AvgIpc) is 2.17. The van der Waals surface area contributed by atoms with E-state index in [1.807, 2.05) is 0 Å². The molecule has 2 atom stereocenters. The standard InChI is InChI=1S/C11H14F3N/c12-10-5-1-2-7-15(10)9-4-3-6-11(13,14)8-9/h1-2,5,7,9-10H,3-4,6,8H2. The smallest absolute Gasteiger partial charge is 0.250 e. The van der Waals surface area contributed by atoms with Gasteiger partial charge in [-0.15, -0.1) is 0 Å². The fourth-order valence-electron chi connectivity index (χ4n) is 2.21. The van der Waals surface area contributed by atoms with Crippen molar-refractivity contribution in [1.82, 2.24) is 4.90 Å². The first-order valence-electron chi connectivity index (χ1n) is 5.23. The first kappa shape index (κ1) is 10.6. The van der Waals surface area contributed by atoms with Crippen LogP contribution in [0.1, 0.15) is 25.7 Å². The highest BCUT2D eigenvalue weighted by Gasteiger charge is 2.39. The number of nitrogens with zero attached hydrogens (tertiary/aromatic N) is 1.